The minimum Gasteiger partial charge on any atom is -0.497 e. The van der Waals surface area contributed by atoms with Gasteiger partial charge in [0.25, 0.3) is 0 Å². The molecule has 0 atom stereocenters. The highest BCUT2D eigenvalue weighted by atomic mass is 127. The van der Waals surface area contributed by atoms with Crippen LogP contribution in [0.3, 0.4) is 0 Å². The Morgan fingerprint density at radius 1 is 1.26 bits per heavy atom. The first-order valence-electron chi connectivity index (χ1n) is 9.83. The third kappa shape index (κ3) is 6.14. The van der Waals surface area contributed by atoms with E-state index < -0.39 is 0 Å². The van der Waals surface area contributed by atoms with Gasteiger partial charge >= 0.3 is 0 Å². The largest absolute Gasteiger partial charge is 0.497 e. The van der Waals surface area contributed by atoms with Crippen molar-refractivity contribution in [1.29, 1.82) is 0 Å². The average molecular weight is 487 g/mol. The maximum atomic E-state index is 5.35. The Morgan fingerprint density at radius 2 is 2.00 bits per heavy atom. The summed E-state index contributed by atoms with van der Waals surface area (Å²) in [7, 11) is 3.60. The van der Waals surface area contributed by atoms with Gasteiger partial charge in [0.05, 0.1) is 7.11 Å². The topological polar surface area (TPSA) is 43.3 Å². The number of hydrogen-bond donors (Lipinski definition) is 1. The molecule has 1 aliphatic carbocycles. The van der Waals surface area contributed by atoms with Gasteiger partial charge in [0.1, 0.15) is 5.75 Å². The van der Waals surface area contributed by atoms with Gasteiger partial charge in [-0.15, -0.1) is 24.0 Å². The number of nitrogens with one attached hydrogen (secondary N) is 1. The van der Waals surface area contributed by atoms with Gasteiger partial charge in [-0.25, -0.2) is 0 Å². The fraction of sp³-hybridized carbons (Fsp3) is 0.650. The summed E-state index contributed by atoms with van der Waals surface area (Å²) in [6.07, 6.45) is 2.74. The molecule has 152 valence electrons. The number of halogens is 1. The summed E-state index contributed by atoms with van der Waals surface area (Å²) in [5, 5.41) is 3.56. The molecule has 0 amide bonds. The van der Waals surface area contributed by atoms with E-state index in [1.807, 2.05) is 13.1 Å². The highest BCUT2D eigenvalue weighted by Gasteiger charge is 2.27. The molecule has 3 rings (SSSR count). The Hall–Kier alpha value is -1.22. The average Bonchev–Trinajstić information content (AvgIpc) is 3.54. The third-order valence-electron chi connectivity index (χ3n) is 5.36. The minimum absolute atomic E-state index is 0. The van der Waals surface area contributed by atoms with Gasteiger partial charge in [-0.2, -0.15) is 0 Å². The van der Waals surface area contributed by atoms with Crippen molar-refractivity contribution < 1.29 is 4.74 Å². The number of ether oxygens (including phenoxy) is 1. The van der Waals surface area contributed by atoms with Gasteiger partial charge in [0.15, 0.2) is 5.96 Å². The molecule has 6 nitrogen and oxygen atoms in total. The molecule has 0 aromatic heterocycles. The lowest BCUT2D eigenvalue weighted by Crippen LogP contribution is -2.53. The molecule has 7 heteroatoms. The van der Waals surface area contributed by atoms with Crippen LogP contribution < -0.4 is 15.0 Å². The first-order valence-corrected chi connectivity index (χ1v) is 9.83. The predicted molar refractivity (Wildman–Crippen MR) is 124 cm³/mol. The van der Waals surface area contributed by atoms with E-state index in [1.165, 1.54) is 18.5 Å². The van der Waals surface area contributed by atoms with Crippen LogP contribution in [-0.2, 0) is 0 Å². The molecule has 1 aliphatic heterocycles. The molecule has 0 bridgehead atoms. The van der Waals surface area contributed by atoms with Crippen molar-refractivity contribution in [3.8, 4) is 5.75 Å². The van der Waals surface area contributed by atoms with E-state index in [1.54, 1.807) is 7.11 Å². The smallest absolute Gasteiger partial charge is 0.193 e. The van der Waals surface area contributed by atoms with Crippen LogP contribution in [0, 0.1) is 0 Å². The molecule has 0 spiro atoms. The molecule has 1 saturated carbocycles. The third-order valence-corrected chi connectivity index (χ3v) is 5.36. The van der Waals surface area contributed by atoms with E-state index in [2.05, 4.69) is 50.1 Å². The van der Waals surface area contributed by atoms with E-state index in [0.717, 1.165) is 63.6 Å². The summed E-state index contributed by atoms with van der Waals surface area (Å²) >= 11 is 0. The Balaban J connectivity index is 0.00000261. The van der Waals surface area contributed by atoms with Crippen molar-refractivity contribution in [2.75, 3.05) is 64.9 Å². The zero-order valence-corrected chi connectivity index (χ0v) is 19.2. The number of hydrogen-bond acceptors (Lipinski definition) is 4. The highest BCUT2D eigenvalue weighted by Crippen LogP contribution is 2.26. The monoisotopic (exact) mass is 487 g/mol. The van der Waals surface area contributed by atoms with Crippen molar-refractivity contribution in [3.05, 3.63) is 24.3 Å². The summed E-state index contributed by atoms with van der Waals surface area (Å²) in [6.45, 7) is 9.42. The molecule has 2 aliphatic rings. The molecule has 2 fully saturated rings. The summed E-state index contributed by atoms with van der Waals surface area (Å²) in [5.41, 5.74) is 1.23. The fourth-order valence-corrected chi connectivity index (χ4v) is 3.67. The first kappa shape index (κ1) is 22.1. The molecule has 27 heavy (non-hydrogen) atoms. The molecule has 1 N–H and O–H groups in total. The van der Waals surface area contributed by atoms with Crippen LogP contribution in [0.2, 0.25) is 0 Å². The van der Waals surface area contributed by atoms with Crippen LogP contribution in [0.1, 0.15) is 19.8 Å². The molecule has 1 aromatic rings. The Morgan fingerprint density at radius 3 is 2.59 bits per heavy atom. The normalized spacial score (nSPS) is 17.7. The number of rotatable bonds is 7. The number of likely N-dealkylation sites (N-methyl/N-ethyl adjacent to an activating group) is 1. The lowest BCUT2D eigenvalue weighted by atomic mass is 10.2. The van der Waals surface area contributed by atoms with Gasteiger partial charge in [-0.1, -0.05) is 13.0 Å². The van der Waals surface area contributed by atoms with Crippen molar-refractivity contribution in [2.45, 2.75) is 25.8 Å². The first-order chi connectivity index (χ1) is 12.7. The summed E-state index contributed by atoms with van der Waals surface area (Å²) in [4.78, 5) is 11.8. The number of anilines is 1. The number of aliphatic imine (C=N–C) groups is 1. The van der Waals surface area contributed by atoms with Crippen LogP contribution >= 0.6 is 24.0 Å². The van der Waals surface area contributed by atoms with Gasteiger partial charge in [0, 0.05) is 64.1 Å². The van der Waals surface area contributed by atoms with Crippen LogP contribution in [0.5, 0.6) is 5.75 Å². The van der Waals surface area contributed by atoms with Crippen LogP contribution in [0.4, 0.5) is 5.69 Å². The van der Waals surface area contributed by atoms with E-state index in [-0.39, 0.29) is 24.0 Å². The molecule has 1 saturated heterocycles. The number of benzene rings is 1. The van der Waals surface area contributed by atoms with Crippen molar-refractivity contribution >= 4 is 35.6 Å². The molecular weight excluding hydrogens is 453 g/mol. The van der Waals surface area contributed by atoms with Gasteiger partial charge in [-0.05, 0) is 31.5 Å². The predicted octanol–water partition coefficient (Wildman–Crippen LogP) is 2.49. The second kappa shape index (κ2) is 10.9. The van der Waals surface area contributed by atoms with Gasteiger partial charge in [0.2, 0.25) is 0 Å². The Bertz CT molecular complexity index is 600. The molecule has 1 aromatic carbocycles. The quantitative estimate of drug-likeness (QED) is 0.364. The summed E-state index contributed by atoms with van der Waals surface area (Å²) in [6, 6.07) is 9.14. The van der Waals surface area contributed by atoms with Gasteiger partial charge in [-0.3, -0.25) is 9.89 Å². The Labute approximate surface area is 181 Å². The van der Waals surface area contributed by atoms with E-state index in [4.69, 9.17) is 4.74 Å². The van der Waals surface area contributed by atoms with Crippen LogP contribution in [0.15, 0.2) is 29.3 Å². The van der Waals surface area contributed by atoms with Crippen molar-refractivity contribution in [2.24, 2.45) is 4.99 Å². The fourth-order valence-electron chi connectivity index (χ4n) is 3.67. The second-order valence-electron chi connectivity index (χ2n) is 7.01. The molecular formula is C20H34IN5O. The standard InChI is InChI=1S/C20H33N5O.HI/c1-4-23(17-8-9-17)11-10-22-20(21-2)25-14-12-24(13-15-25)18-6-5-7-19(16-18)26-3;/h5-7,16-17H,4,8-15H2,1-3H3,(H,21,22);1H. The number of nitrogens with zero attached hydrogens (tertiary/aromatic N) is 4. The van der Waals surface area contributed by atoms with Crippen molar-refractivity contribution in [3.63, 3.8) is 0 Å². The minimum atomic E-state index is 0. The number of piperazine rings is 1. The van der Waals surface area contributed by atoms with E-state index in [9.17, 15) is 0 Å². The molecule has 1 heterocycles. The van der Waals surface area contributed by atoms with Crippen LogP contribution in [-0.4, -0.2) is 81.8 Å². The number of guanidine groups is 1. The number of methoxy groups -OCH3 is 1. The van der Waals surface area contributed by atoms with Crippen LogP contribution in [0.25, 0.3) is 0 Å². The molecule has 0 radical (unpaired) electrons. The summed E-state index contributed by atoms with van der Waals surface area (Å²) < 4.78 is 5.35. The lowest BCUT2D eigenvalue weighted by molar-refractivity contribution is 0.279. The zero-order valence-electron chi connectivity index (χ0n) is 16.9. The maximum Gasteiger partial charge on any atom is 0.193 e. The SMILES string of the molecule is CCN(CCNC(=NC)N1CCN(c2cccc(OC)c2)CC1)C1CC1.I. The summed E-state index contributed by atoms with van der Waals surface area (Å²) in [5.74, 6) is 1.95. The van der Waals surface area contributed by atoms with E-state index >= 15 is 0 Å². The molecule has 0 unspecified atom stereocenters. The van der Waals surface area contributed by atoms with Crippen molar-refractivity contribution in [1.82, 2.24) is 15.1 Å². The second-order valence-corrected chi connectivity index (χ2v) is 7.01. The lowest BCUT2D eigenvalue weighted by Gasteiger charge is -2.38. The Kier molecular flexibility index (Phi) is 8.95. The zero-order chi connectivity index (χ0) is 18.4. The van der Waals surface area contributed by atoms with E-state index in [0.29, 0.717) is 0 Å². The van der Waals surface area contributed by atoms with Gasteiger partial charge < -0.3 is 19.9 Å². The highest BCUT2D eigenvalue weighted by molar-refractivity contribution is 14.0. The maximum absolute atomic E-state index is 5.35.